The Hall–Kier alpha value is -2.86. The van der Waals surface area contributed by atoms with Gasteiger partial charge >= 0.3 is 5.76 Å². The van der Waals surface area contributed by atoms with Crippen molar-refractivity contribution in [1.29, 1.82) is 0 Å². The Bertz CT molecular complexity index is 944. The zero-order chi connectivity index (χ0) is 19.2. The lowest BCUT2D eigenvalue weighted by atomic mass is 10.1. The number of nitrogens with zero attached hydrogens (tertiary/aromatic N) is 1. The summed E-state index contributed by atoms with van der Waals surface area (Å²) in [5.41, 5.74) is 2.44. The maximum absolute atomic E-state index is 12.5. The second-order valence-corrected chi connectivity index (χ2v) is 7.03. The molecule has 0 saturated heterocycles. The van der Waals surface area contributed by atoms with Gasteiger partial charge < -0.3 is 14.6 Å². The van der Waals surface area contributed by atoms with Gasteiger partial charge in [-0.1, -0.05) is 42.5 Å². The normalized spacial score (nSPS) is 12.4. The minimum atomic E-state index is -0.380. The summed E-state index contributed by atoms with van der Waals surface area (Å²) in [5.74, 6) is -0.388. The summed E-state index contributed by atoms with van der Waals surface area (Å²) in [6, 6.07) is 17.3. The molecule has 0 radical (unpaired) electrons. The van der Waals surface area contributed by atoms with E-state index >= 15 is 0 Å². The van der Waals surface area contributed by atoms with E-state index in [1.165, 1.54) is 4.90 Å². The molecule has 1 atom stereocenters. The predicted molar refractivity (Wildman–Crippen MR) is 105 cm³/mol. The first-order valence-electron chi connectivity index (χ1n) is 9.26. The van der Waals surface area contributed by atoms with Gasteiger partial charge in [-0.3, -0.25) is 9.36 Å². The minimum absolute atomic E-state index is 0.00838. The third-order valence-electron chi connectivity index (χ3n) is 4.51. The van der Waals surface area contributed by atoms with Gasteiger partial charge in [-0.05, 0) is 24.1 Å². The SMILES string of the molecule is C[NH+](C)C[C@H](NC(=O)CCCn1c(=O)oc2ccccc21)c1ccccc1. The van der Waals surface area contributed by atoms with Crippen LogP contribution in [0.25, 0.3) is 11.1 Å². The molecule has 0 bridgehead atoms. The maximum atomic E-state index is 12.5. The molecule has 1 amide bonds. The third kappa shape index (κ3) is 4.86. The highest BCUT2D eigenvalue weighted by Crippen LogP contribution is 2.13. The van der Waals surface area contributed by atoms with Crippen LogP contribution >= 0.6 is 0 Å². The lowest BCUT2D eigenvalue weighted by Gasteiger charge is -2.21. The minimum Gasteiger partial charge on any atom is -0.408 e. The highest BCUT2D eigenvalue weighted by Gasteiger charge is 2.17. The number of nitrogens with one attached hydrogen (secondary N) is 2. The van der Waals surface area contributed by atoms with E-state index in [-0.39, 0.29) is 17.7 Å². The van der Waals surface area contributed by atoms with Gasteiger partial charge in [0.15, 0.2) is 5.58 Å². The Morgan fingerprint density at radius 3 is 2.56 bits per heavy atom. The van der Waals surface area contributed by atoms with Crippen LogP contribution in [-0.2, 0) is 11.3 Å². The molecular formula is C21H26N3O3+. The summed E-state index contributed by atoms with van der Waals surface area (Å²) in [5, 5.41) is 3.13. The van der Waals surface area contributed by atoms with Crippen molar-refractivity contribution in [2.45, 2.75) is 25.4 Å². The quantitative estimate of drug-likeness (QED) is 0.631. The van der Waals surface area contributed by atoms with E-state index in [9.17, 15) is 9.59 Å². The van der Waals surface area contributed by atoms with E-state index < -0.39 is 0 Å². The van der Waals surface area contributed by atoms with Crippen LogP contribution in [0.5, 0.6) is 0 Å². The van der Waals surface area contributed by atoms with Crippen LogP contribution in [0.4, 0.5) is 0 Å². The van der Waals surface area contributed by atoms with Crippen molar-refractivity contribution >= 4 is 17.0 Å². The second-order valence-electron chi connectivity index (χ2n) is 7.03. The van der Waals surface area contributed by atoms with Gasteiger partial charge in [0.05, 0.1) is 19.6 Å². The summed E-state index contributed by atoms with van der Waals surface area (Å²) in [7, 11) is 4.14. The van der Waals surface area contributed by atoms with Gasteiger partial charge in [-0.15, -0.1) is 0 Å². The molecule has 1 heterocycles. The van der Waals surface area contributed by atoms with Crippen molar-refractivity contribution in [2.24, 2.45) is 0 Å². The smallest absolute Gasteiger partial charge is 0.408 e. The van der Waals surface area contributed by atoms with Gasteiger partial charge in [0.25, 0.3) is 0 Å². The number of hydrogen-bond acceptors (Lipinski definition) is 3. The van der Waals surface area contributed by atoms with Crippen molar-refractivity contribution in [3.05, 3.63) is 70.7 Å². The molecule has 0 saturated carbocycles. The van der Waals surface area contributed by atoms with Crippen molar-refractivity contribution in [1.82, 2.24) is 9.88 Å². The number of likely N-dealkylation sites (N-methyl/N-ethyl adjacent to an activating group) is 1. The van der Waals surface area contributed by atoms with Gasteiger partial charge in [0.1, 0.15) is 12.6 Å². The Morgan fingerprint density at radius 2 is 1.81 bits per heavy atom. The zero-order valence-electron chi connectivity index (χ0n) is 15.8. The number of benzene rings is 2. The molecule has 27 heavy (non-hydrogen) atoms. The monoisotopic (exact) mass is 368 g/mol. The molecule has 3 rings (SSSR count). The summed E-state index contributed by atoms with van der Waals surface area (Å²) in [6.45, 7) is 1.26. The van der Waals surface area contributed by atoms with Crippen molar-refractivity contribution in [3.63, 3.8) is 0 Å². The highest BCUT2D eigenvalue weighted by atomic mass is 16.4. The van der Waals surface area contributed by atoms with E-state index in [2.05, 4.69) is 19.4 Å². The molecule has 0 fully saturated rings. The molecule has 2 N–H and O–H groups in total. The number of quaternary nitrogens is 1. The van der Waals surface area contributed by atoms with Gasteiger partial charge in [-0.25, -0.2) is 4.79 Å². The van der Waals surface area contributed by atoms with Crippen LogP contribution in [0.3, 0.4) is 0 Å². The number of carbonyl (C=O) groups is 1. The van der Waals surface area contributed by atoms with Gasteiger partial charge in [0, 0.05) is 13.0 Å². The van der Waals surface area contributed by atoms with E-state index in [1.54, 1.807) is 10.6 Å². The summed E-state index contributed by atoms with van der Waals surface area (Å²) in [6.07, 6.45) is 0.934. The molecule has 0 unspecified atom stereocenters. The number of para-hydroxylation sites is 2. The van der Waals surface area contributed by atoms with Crippen LogP contribution in [0.15, 0.2) is 63.8 Å². The molecular weight excluding hydrogens is 342 g/mol. The lowest BCUT2D eigenvalue weighted by Crippen LogP contribution is -3.06. The van der Waals surface area contributed by atoms with Crippen molar-refractivity contribution < 1.29 is 14.1 Å². The van der Waals surface area contributed by atoms with Crippen LogP contribution in [0.2, 0.25) is 0 Å². The topological polar surface area (TPSA) is 68.7 Å². The number of amides is 1. The number of fused-ring (bicyclic) bond motifs is 1. The standard InChI is InChI=1S/C21H25N3O3/c1-23(2)15-17(16-9-4-3-5-10-16)22-20(25)13-8-14-24-18-11-6-7-12-19(18)27-21(24)26/h3-7,9-12,17H,8,13-15H2,1-2H3,(H,22,25)/p+1/t17-/m0/s1. The molecule has 6 nitrogen and oxygen atoms in total. The summed E-state index contributed by atoms with van der Waals surface area (Å²) < 4.78 is 6.81. The largest absolute Gasteiger partial charge is 0.419 e. The van der Waals surface area contributed by atoms with Crippen LogP contribution in [0.1, 0.15) is 24.4 Å². The molecule has 6 heteroatoms. The number of aromatic nitrogens is 1. The predicted octanol–water partition coefficient (Wildman–Crippen LogP) is 1.38. The van der Waals surface area contributed by atoms with Crippen molar-refractivity contribution in [2.75, 3.05) is 20.6 Å². The fourth-order valence-corrected chi connectivity index (χ4v) is 3.24. The number of hydrogen-bond donors (Lipinski definition) is 2. The van der Waals surface area contributed by atoms with Crippen molar-refractivity contribution in [3.8, 4) is 0 Å². The fourth-order valence-electron chi connectivity index (χ4n) is 3.24. The lowest BCUT2D eigenvalue weighted by molar-refractivity contribution is -0.860. The summed E-state index contributed by atoms with van der Waals surface area (Å²) in [4.78, 5) is 25.7. The first-order chi connectivity index (χ1) is 13.0. The summed E-state index contributed by atoms with van der Waals surface area (Å²) >= 11 is 0. The van der Waals surface area contributed by atoms with Crippen LogP contribution < -0.4 is 16.0 Å². The molecule has 1 aromatic heterocycles. The first kappa shape index (κ1) is 18.9. The Balaban J connectivity index is 1.59. The van der Waals surface area contributed by atoms with Gasteiger partial charge in [0.2, 0.25) is 5.91 Å². The maximum Gasteiger partial charge on any atom is 0.419 e. The fraction of sp³-hybridized carbons (Fsp3) is 0.333. The average Bonchev–Trinajstić information content (AvgIpc) is 2.97. The molecule has 142 valence electrons. The van der Waals surface area contributed by atoms with Crippen LogP contribution in [0, 0.1) is 0 Å². The molecule has 2 aromatic carbocycles. The Kier molecular flexibility index (Phi) is 6.08. The number of oxazole rings is 1. The molecule has 0 aliphatic carbocycles. The molecule has 3 aromatic rings. The van der Waals surface area contributed by atoms with E-state index in [1.807, 2.05) is 48.5 Å². The number of carbonyl (C=O) groups excluding carboxylic acids is 1. The Labute approximate surface area is 158 Å². The first-order valence-corrected chi connectivity index (χ1v) is 9.26. The number of rotatable bonds is 8. The number of aryl methyl sites for hydroxylation is 1. The Morgan fingerprint density at radius 1 is 1.11 bits per heavy atom. The zero-order valence-corrected chi connectivity index (χ0v) is 15.8. The van der Waals surface area contributed by atoms with Crippen LogP contribution in [-0.4, -0.2) is 31.1 Å². The average molecular weight is 368 g/mol. The van der Waals surface area contributed by atoms with E-state index in [4.69, 9.17) is 4.42 Å². The highest BCUT2D eigenvalue weighted by molar-refractivity contribution is 5.76. The van der Waals surface area contributed by atoms with E-state index in [0.29, 0.717) is 25.0 Å². The molecule has 0 aliphatic rings. The second kappa shape index (κ2) is 8.68. The molecule has 0 aliphatic heterocycles. The third-order valence-corrected chi connectivity index (χ3v) is 4.51. The molecule has 0 spiro atoms. The van der Waals surface area contributed by atoms with E-state index in [0.717, 1.165) is 17.6 Å². The van der Waals surface area contributed by atoms with Gasteiger partial charge in [-0.2, -0.15) is 0 Å².